The van der Waals surface area contributed by atoms with Crippen molar-refractivity contribution in [1.82, 2.24) is 15.1 Å². The number of piperidine rings is 2. The summed E-state index contributed by atoms with van der Waals surface area (Å²) in [4.78, 5) is 32.6. The second-order valence-electron chi connectivity index (χ2n) is 10.8. The molecular formula is C25H36N4O3S. The van der Waals surface area contributed by atoms with Crippen molar-refractivity contribution < 1.29 is 14.3 Å². The van der Waals surface area contributed by atoms with Crippen LogP contribution in [0.5, 0.6) is 0 Å². The molecule has 2 aliphatic heterocycles. The number of rotatable bonds is 5. The zero-order chi connectivity index (χ0) is 23.8. The van der Waals surface area contributed by atoms with E-state index in [1.807, 2.05) is 20.8 Å². The van der Waals surface area contributed by atoms with Gasteiger partial charge < -0.3 is 15.0 Å². The maximum Gasteiger partial charge on any atom is 0.411 e. The van der Waals surface area contributed by atoms with Crippen molar-refractivity contribution >= 4 is 23.3 Å². The van der Waals surface area contributed by atoms with Gasteiger partial charge in [0.15, 0.2) is 0 Å². The van der Waals surface area contributed by atoms with Crippen LogP contribution in [0.4, 0.5) is 4.79 Å². The van der Waals surface area contributed by atoms with Crippen molar-refractivity contribution in [3.8, 4) is 6.07 Å². The van der Waals surface area contributed by atoms with Crippen molar-refractivity contribution in [2.24, 2.45) is 5.92 Å². The first-order chi connectivity index (χ1) is 15.6. The third-order valence-electron chi connectivity index (χ3n) is 7.14. The molecular weight excluding hydrogens is 436 g/mol. The monoisotopic (exact) mass is 472 g/mol. The summed E-state index contributed by atoms with van der Waals surface area (Å²) in [5.41, 5.74) is -0.611. The highest BCUT2D eigenvalue weighted by Gasteiger charge is 2.52. The summed E-state index contributed by atoms with van der Waals surface area (Å²) in [6.07, 6.45) is 5.07. The Morgan fingerprint density at radius 2 is 1.97 bits per heavy atom. The van der Waals surface area contributed by atoms with E-state index in [-0.39, 0.29) is 17.9 Å². The minimum absolute atomic E-state index is 0.0514. The lowest BCUT2D eigenvalue weighted by molar-refractivity contribution is -0.128. The Labute approximate surface area is 201 Å². The van der Waals surface area contributed by atoms with E-state index >= 15 is 0 Å². The van der Waals surface area contributed by atoms with E-state index in [0.717, 1.165) is 37.2 Å². The van der Waals surface area contributed by atoms with E-state index < -0.39 is 23.8 Å². The molecule has 7 nitrogen and oxygen atoms in total. The summed E-state index contributed by atoms with van der Waals surface area (Å²) < 4.78 is 5.59. The van der Waals surface area contributed by atoms with Gasteiger partial charge in [0.2, 0.25) is 5.91 Å². The number of nitriles is 1. The van der Waals surface area contributed by atoms with Crippen LogP contribution in [0.1, 0.15) is 68.5 Å². The molecule has 0 radical (unpaired) electrons. The molecule has 2 saturated heterocycles. The van der Waals surface area contributed by atoms with E-state index in [1.54, 1.807) is 16.2 Å². The van der Waals surface area contributed by atoms with Crippen LogP contribution in [0.25, 0.3) is 0 Å². The third kappa shape index (κ3) is 5.52. The highest BCUT2D eigenvalue weighted by atomic mass is 32.1. The number of nitrogens with one attached hydrogen (secondary N) is 1. The number of likely N-dealkylation sites (tertiary alicyclic amines) is 2. The summed E-state index contributed by atoms with van der Waals surface area (Å²) in [5, 5.41) is 12.7. The molecule has 33 heavy (non-hydrogen) atoms. The number of fused-ring (bicyclic) bond motifs is 2. The van der Waals surface area contributed by atoms with Gasteiger partial charge in [0, 0.05) is 22.2 Å². The number of carbonyl (C=O) groups excluding carboxylic acids is 2. The van der Waals surface area contributed by atoms with Gasteiger partial charge in [-0.3, -0.25) is 9.69 Å². The fourth-order valence-corrected chi connectivity index (χ4v) is 6.73. The quantitative estimate of drug-likeness (QED) is 0.703. The molecule has 2 bridgehead atoms. The van der Waals surface area contributed by atoms with Gasteiger partial charge in [0.05, 0.1) is 6.07 Å². The van der Waals surface area contributed by atoms with Crippen molar-refractivity contribution in [1.29, 1.82) is 5.26 Å². The number of thiophene rings is 1. The molecule has 3 aliphatic rings. The minimum atomic E-state index is -0.611. The van der Waals surface area contributed by atoms with Crippen LogP contribution in [-0.4, -0.2) is 65.7 Å². The van der Waals surface area contributed by atoms with Gasteiger partial charge in [-0.15, -0.1) is 11.3 Å². The standard InChI is InChI=1S/C25H36N4O3S/c1-25(2,3)32-24(31)29-19-6-5-17(13-19)22(29)23(30)27-18(15-26)14-20-7-8-21(33-20)16-9-11-28(4)12-10-16/h7-8,16-19,22H,5-6,9-14H2,1-4H3,(H,27,30)/t17?,18-,19?,22-/m0/s1. The van der Waals surface area contributed by atoms with E-state index in [9.17, 15) is 14.9 Å². The summed E-state index contributed by atoms with van der Waals surface area (Å²) in [5.74, 6) is 0.498. The van der Waals surface area contributed by atoms with E-state index in [1.165, 1.54) is 17.7 Å². The average Bonchev–Trinajstić information content (AvgIpc) is 3.48. The molecule has 1 aromatic rings. The third-order valence-corrected chi connectivity index (χ3v) is 8.41. The first kappa shape index (κ1) is 24.0. The molecule has 1 N–H and O–H groups in total. The first-order valence-corrected chi connectivity index (χ1v) is 12.9. The average molecular weight is 473 g/mol. The van der Waals surface area contributed by atoms with Crippen molar-refractivity contribution in [2.75, 3.05) is 20.1 Å². The minimum Gasteiger partial charge on any atom is -0.444 e. The van der Waals surface area contributed by atoms with Crippen molar-refractivity contribution in [2.45, 2.75) is 88.9 Å². The molecule has 1 aromatic heterocycles. The Balaban J connectivity index is 1.38. The lowest BCUT2D eigenvalue weighted by Crippen LogP contribution is -2.55. The molecule has 0 aromatic carbocycles. The van der Waals surface area contributed by atoms with E-state index in [0.29, 0.717) is 12.3 Å². The molecule has 8 heteroatoms. The maximum atomic E-state index is 13.2. The summed E-state index contributed by atoms with van der Waals surface area (Å²) in [7, 11) is 2.16. The number of hydrogen-bond donors (Lipinski definition) is 1. The van der Waals surface area contributed by atoms with Gasteiger partial charge in [-0.05, 0) is 97.0 Å². The number of nitrogens with zero attached hydrogens (tertiary/aromatic N) is 3. The summed E-state index contributed by atoms with van der Waals surface area (Å²) in [6, 6.07) is 5.44. The molecule has 0 spiro atoms. The molecule has 1 aliphatic carbocycles. The van der Waals surface area contributed by atoms with E-state index in [2.05, 4.69) is 35.5 Å². The lowest BCUT2D eigenvalue weighted by atomic mass is 9.96. The molecule has 180 valence electrons. The summed E-state index contributed by atoms with van der Waals surface area (Å²) in [6.45, 7) is 7.74. The zero-order valence-corrected chi connectivity index (χ0v) is 21.0. The molecule has 2 unspecified atom stereocenters. The Morgan fingerprint density at radius 1 is 1.24 bits per heavy atom. The lowest BCUT2D eigenvalue weighted by Gasteiger charge is -2.35. The van der Waals surface area contributed by atoms with Crippen LogP contribution in [0, 0.1) is 17.2 Å². The Hall–Kier alpha value is -2.11. The maximum absolute atomic E-state index is 13.2. The predicted molar refractivity (Wildman–Crippen MR) is 128 cm³/mol. The van der Waals surface area contributed by atoms with Crippen LogP contribution < -0.4 is 5.32 Å². The number of ether oxygens (including phenoxy) is 1. The largest absolute Gasteiger partial charge is 0.444 e. The van der Waals surface area contributed by atoms with Crippen LogP contribution in [0.3, 0.4) is 0 Å². The smallest absolute Gasteiger partial charge is 0.411 e. The molecule has 3 heterocycles. The van der Waals surface area contributed by atoms with Crippen LogP contribution in [0.15, 0.2) is 12.1 Å². The van der Waals surface area contributed by atoms with Crippen molar-refractivity contribution in [3.05, 3.63) is 21.9 Å². The fourth-order valence-electron chi connectivity index (χ4n) is 5.51. The molecule has 1 saturated carbocycles. The van der Waals surface area contributed by atoms with Gasteiger partial charge in [-0.2, -0.15) is 5.26 Å². The van der Waals surface area contributed by atoms with Crippen LogP contribution >= 0.6 is 11.3 Å². The first-order valence-electron chi connectivity index (χ1n) is 12.1. The van der Waals surface area contributed by atoms with Gasteiger partial charge in [0.25, 0.3) is 0 Å². The highest BCUT2D eigenvalue weighted by Crippen LogP contribution is 2.43. The van der Waals surface area contributed by atoms with Gasteiger partial charge in [-0.1, -0.05) is 0 Å². The predicted octanol–water partition coefficient (Wildman–Crippen LogP) is 3.90. The van der Waals surface area contributed by atoms with Gasteiger partial charge in [-0.25, -0.2) is 4.79 Å². The zero-order valence-electron chi connectivity index (χ0n) is 20.2. The second-order valence-corrected chi connectivity index (χ2v) is 12.0. The van der Waals surface area contributed by atoms with Crippen LogP contribution in [0.2, 0.25) is 0 Å². The Bertz CT molecular complexity index is 909. The van der Waals surface area contributed by atoms with Crippen LogP contribution in [-0.2, 0) is 16.0 Å². The fraction of sp³-hybridized carbons (Fsp3) is 0.720. The number of carbonyl (C=O) groups is 2. The second kappa shape index (κ2) is 9.63. The normalized spacial score (nSPS) is 26.8. The van der Waals surface area contributed by atoms with E-state index in [4.69, 9.17) is 4.74 Å². The summed E-state index contributed by atoms with van der Waals surface area (Å²) >= 11 is 1.76. The Morgan fingerprint density at radius 3 is 2.64 bits per heavy atom. The van der Waals surface area contributed by atoms with Gasteiger partial charge in [0.1, 0.15) is 17.7 Å². The SMILES string of the molecule is CN1CCC(c2ccc(C[C@@H](C#N)NC(=O)[C@@H]3C4CCC(C4)N3C(=O)OC(C)(C)C)s2)CC1. The topological polar surface area (TPSA) is 85.7 Å². The number of hydrogen-bond acceptors (Lipinski definition) is 6. The highest BCUT2D eigenvalue weighted by molar-refractivity contribution is 7.12. The van der Waals surface area contributed by atoms with Crippen molar-refractivity contribution in [3.63, 3.8) is 0 Å². The van der Waals surface area contributed by atoms with Gasteiger partial charge >= 0.3 is 6.09 Å². The molecule has 3 fully saturated rings. The Kier molecular flexibility index (Phi) is 7.01. The number of amides is 2. The molecule has 4 rings (SSSR count). The molecule has 4 atom stereocenters. The molecule has 2 amide bonds.